The molecule has 1 aromatic carbocycles. The monoisotopic (exact) mass is 244 g/mol. The van der Waals surface area contributed by atoms with Gasteiger partial charge in [-0.15, -0.1) is 0 Å². The summed E-state index contributed by atoms with van der Waals surface area (Å²) in [6, 6.07) is 7.91. The molecule has 2 heteroatoms. The van der Waals surface area contributed by atoms with Gasteiger partial charge >= 0.3 is 0 Å². The van der Waals surface area contributed by atoms with Crippen LogP contribution in [0.15, 0.2) is 18.2 Å². The van der Waals surface area contributed by atoms with E-state index in [-0.39, 0.29) is 0 Å². The van der Waals surface area contributed by atoms with Crippen molar-refractivity contribution in [3.63, 3.8) is 0 Å². The van der Waals surface area contributed by atoms with Crippen molar-refractivity contribution in [2.45, 2.75) is 44.7 Å². The third-order valence-electron chi connectivity index (χ3n) is 4.30. The zero-order chi connectivity index (χ0) is 12.4. The maximum Gasteiger partial charge on any atom is 0.0206 e. The molecule has 0 aromatic heterocycles. The first-order valence-corrected chi connectivity index (χ1v) is 7.34. The number of rotatable bonds is 6. The summed E-state index contributed by atoms with van der Waals surface area (Å²) in [5, 5.41) is 3.56. The van der Waals surface area contributed by atoms with Gasteiger partial charge in [-0.05, 0) is 55.8 Å². The molecular weight excluding hydrogens is 220 g/mol. The number of fused-ring (bicyclic) bond motifs is 1. The first-order valence-electron chi connectivity index (χ1n) is 7.34. The lowest BCUT2D eigenvalue weighted by atomic mass is 10.1. The minimum Gasteiger partial charge on any atom is -0.311 e. The lowest BCUT2D eigenvalue weighted by molar-refractivity contribution is 0.321. The first-order chi connectivity index (χ1) is 8.83. The number of nitrogens with zero attached hydrogens (tertiary/aromatic N) is 1. The summed E-state index contributed by atoms with van der Waals surface area (Å²) < 4.78 is 0. The van der Waals surface area contributed by atoms with E-state index in [0.717, 1.165) is 19.1 Å². The van der Waals surface area contributed by atoms with E-state index < -0.39 is 0 Å². The summed E-state index contributed by atoms with van der Waals surface area (Å²) in [5.41, 5.74) is 4.61. The fourth-order valence-electron chi connectivity index (χ4n) is 2.92. The highest BCUT2D eigenvalue weighted by Crippen LogP contribution is 2.24. The van der Waals surface area contributed by atoms with Crippen molar-refractivity contribution >= 4 is 0 Å². The van der Waals surface area contributed by atoms with Crippen LogP contribution >= 0.6 is 0 Å². The summed E-state index contributed by atoms with van der Waals surface area (Å²) in [6.07, 6.45) is 6.73. The second-order valence-electron chi connectivity index (χ2n) is 5.85. The molecule has 1 saturated carbocycles. The van der Waals surface area contributed by atoms with Gasteiger partial charge in [0.05, 0.1) is 0 Å². The Morgan fingerprint density at radius 2 is 2.06 bits per heavy atom. The lowest BCUT2D eigenvalue weighted by Crippen LogP contribution is -2.30. The Balaban J connectivity index is 1.42. The van der Waals surface area contributed by atoms with Gasteiger partial charge in [0.15, 0.2) is 0 Å². The number of nitrogens with one attached hydrogen (secondary N) is 1. The van der Waals surface area contributed by atoms with Crippen molar-refractivity contribution < 1.29 is 0 Å². The summed E-state index contributed by atoms with van der Waals surface area (Å²) in [7, 11) is 2.24. The fourth-order valence-corrected chi connectivity index (χ4v) is 2.92. The summed E-state index contributed by atoms with van der Waals surface area (Å²) in [5.74, 6) is 0. The molecule has 0 radical (unpaired) electrons. The molecule has 0 amide bonds. The van der Waals surface area contributed by atoms with Crippen LogP contribution in [-0.2, 0) is 19.4 Å². The van der Waals surface area contributed by atoms with Gasteiger partial charge in [-0.25, -0.2) is 0 Å². The average molecular weight is 244 g/mol. The van der Waals surface area contributed by atoms with Crippen LogP contribution in [0.5, 0.6) is 0 Å². The van der Waals surface area contributed by atoms with Gasteiger partial charge < -0.3 is 10.2 Å². The van der Waals surface area contributed by atoms with E-state index in [2.05, 4.69) is 35.5 Å². The van der Waals surface area contributed by atoms with Crippen molar-refractivity contribution in [1.82, 2.24) is 10.2 Å². The molecule has 2 nitrogen and oxygen atoms in total. The topological polar surface area (TPSA) is 15.3 Å². The van der Waals surface area contributed by atoms with Crippen molar-refractivity contribution in [3.8, 4) is 0 Å². The van der Waals surface area contributed by atoms with Gasteiger partial charge in [0.25, 0.3) is 0 Å². The number of hydrogen-bond acceptors (Lipinski definition) is 2. The van der Waals surface area contributed by atoms with Gasteiger partial charge in [-0.3, -0.25) is 0 Å². The second-order valence-corrected chi connectivity index (χ2v) is 5.85. The van der Waals surface area contributed by atoms with Gasteiger partial charge in [0, 0.05) is 25.7 Å². The summed E-state index contributed by atoms with van der Waals surface area (Å²) in [4.78, 5) is 2.48. The highest BCUT2D eigenvalue weighted by Gasteiger charge is 2.25. The van der Waals surface area contributed by atoms with Gasteiger partial charge in [-0.1, -0.05) is 18.2 Å². The van der Waals surface area contributed by atoms with E-state index in [1.54, 1.807) is 11.1 Å². The maximum absolute atomic E-state index is 3.56. The predicted molar refractivity (Wildman–Crippen MR) is 75.8 cm³/mol. The average Bonchev–Trinajstić information content (AvgIpc) is 3.13. The van der Waals surface area contributed by atoms with Crippen molar-refractivity contribution in [2.24, 2.45) is 0 Å². The molecule has 2 aliphatic rings. The molecule has 0 aliphatic heterocycles. The third-order valence-corrected chi connectivity index (χ3v) is 4.30. The molecule has 1 aromatic rings. The van der Waals surface area contributed by atoms with E-state index in [1.165, 1.54) is 44.2 Å². The van der Waals surface area contributed by atoms with Gasteiger partial charge in [-0.2, -0.15) is 0 Å². The summed E-state index contributed by atoms with van der Waals surface area (Å²) >= 11 is 0. The predicted octanol–water partition coefficient (Wildman–Crippen LogP) is 2.36. The molecule has 0 spiro atoms. The van der Waals surface area contributed by atoms with Crippen LogP contribution in [0.3, 0.4) is 0 Å². The number of benzene rings is 1. The number of aryl methyl sites for hydroxylation is 2. The molecule has 0 bridgehead atoms. The SMILES string of the molecule is CN(CCNCc1ccc2c(c1)CCC2)C1CC1. The Kier molecular flexibility index (Phi) is 3.67. The summed E-state index contributed by atoms with van der Waals surface area (Å²) in [6.45, 7) is 3.30. The molecule has 3 rings (SSSR count). The molecule has 0 heterocycles. The third kappa shape index (κ3) is 2.93. The Morgan fingerprint density at radius 1 is 1.22 bits per heavy atom. The van der Waals surface area contributed by atoms with E-state index >= 15 is 0 Å². The molecule has 0 saturated heterocycles. The Bertz CT molecular complexity index is 410. The quantitative estimate of drug-likeness (QED) is 0.773. The van der Waals surface area contributed by atoms with Crippen LogP contribution in [0.4, 0.5) is 0 Å². The molecular formula is C16H24N2. The van der Waals surface area contributed by atoms with Crippen LogP contribution in [0, 0.1) is 0 Å². The van der Waals surface area contributed by atoms with Gasteiger partial charge in [0.1, 0.15) is 0 Å². The molecule has 1 N–H and O–H groups in total. The second kappa shape index (κ2) is 5.41. The standard InChI is InChI=1S/C16H24N2/c1-18(16-7-8-16)10-9-17-12-13-5-6-14-3-2-4-15(14)11-13/h5-6,11,16-17H,2-4,7-10,12H2,1H3. The number of likely N-dealkylation sites (N-methyl/N-ethyl adjacent to an activating group) is 1. The normalized spacial score (nSPS) is 18.3. The van der Waals surface area contributed by atoms with Crippen LogP contribution in [0.1, 0.15) is 36.0 Å². The molecule has 0 unspecified atom stereocenters. The van der Waals surface area contributed by atoms with Crippen LogP contribution in [0.25, 0.3) is 0 Å². The fraction of sp³-hybridized carbons (Fsp3) is 0.625. The van der Waals surface area contributed by atoms with E-state index in [1.807, 2.05) is 0 Å². The lowest BCUT2D eigenvalue weighted by Gasteiger charge is -2.15. The molecule has 2 aliphatic carbocycles. The first kappa shape index (κ1) is 12.2. The molecule has 1 fully saturated rings. The Morgan fingerprint density at radius 3 is 2.89 bits per heavy atom. The van der Waals surface area contributed by atoms with E-state index in [4.69, 9.17) is 0 Å². The van der Waals surface area contributed by atoms with Crippen LogP contribution in [0.2, 0.25) is 0 Å². The molecule has 98 valence electrons. The van der Waals surface area contributed by atoms with E-state index in [9.17, 15) is 0 Å². The molecule has 18 heavy (non-hydrogen) atoms. The van der Waals surface area contributed by atoms with Crippen molar-refractivity contribution in [1.29, 1.82) is 0 Å². The smallest absolute Gasteiger partial charge is 0.0206 e. The highest BCUT2D eigenvalue weighted by molar-refractivity contribution is 5.35. The largest absolute Gasteiger partial charge is 0.311 e. The van der Waals surface area contributed by atoms with Gasteiger partial charge in [0.2, 0.25) is 0 Å². The Hall–Kier alpha value is -0.860. The minimum atomic E-state index is 0.881. The Labute approximate surface area is 110 Å². The van der Waals surface area contributed by atoms with Crippen LogP contribution in [-0.4, -0.2) is 31.1 Å². The van der Waals surface area contributed by atoms with Crippen molar-refractivity contribution in [3.05, 3.63) is 34.9 Å². The zero-order valence-corrected chi connectivity index (χ0v) is 11.4. The van der Waals surface area contributed by atoms with Crippen LogP contribution < -0.4 is 5.32 Å². The maximum atomic E-state index is 3.56. The molecule has 0 atom stereocenters. The minimum absolute atomic E-state index is 0.881. The zero-order valence-electron chi connectivity index (χ0n) is 11.4. The van der Waals surface area contributed by atoms with E-state index in [0.29, 0.717) is 0 Å². The highest BCUT2D eigenvalue weighted by atomic mass is 15.2. The van der Waals surface area contributed by atoms with Crippen molar-refractivity contribution in [2.75, 3.05) is 20.1 Å². The number of hydrogen-bond donors (Lipinski definition) is 1.